The molecule has 160 valence electrons. The van der Waals surface area contributed by atoms with Crippen LogP contribution in [-0.2, 0) is 0 Å². The molecule has 2 amide bonds. The molecule has 2 rings (SSSR count). The van der Waals surface area contributed by atoms with Gasteiger partial charge in [0.25, 0.3) is 0 Å². The minimum atomic E-state index is -0.702. The van der Waals surface area contributed by atoms with Crippen molar-refractivity contribution in [2.75, 3.05) is 13.2 Å². The predicted octanol–water partition coefficient (Wildman–Crippen LogP) is 3.87. The van der Waals surface area contributed by atoms with Gasteiger partial charge < -0.3 is 19.7 Å². The average Bonchev–Trinajstić information content (AvgIpc) is 2.69. The third-order valence-electron chi connectivity index (χ3n) is 3.46. The molecule has 11 heteroatoms. The summed E-state index contributed by atoms with van der Waals surface area (Å²) in [7, 11) is 0. The van der Waals surface area contributed by atoms with Crippen molar-refractivity contribution in [2.24, 2.45) is 10.2 Å². The number of nitrogens with zero attached hydrogens (tertiary/aromatic N) is 2. The average molecular weight is 455 g/mol. The summed E-state index contributed by atoms with van der Waals surface area (Å²) in [5.74, 6) is 0.0778. The van der Waals surface area contributed by atoms with Crippen molar-refractivity contribution in [1.82, 2.24) is 10.9 Å². The van der Waals surface area contributed by atoms with Crippen LogP contribution in [0.2, 0.25) is 10.0 Å². The Labute approximate surface area is 182 Å². The van der Waals surface area contributed by atoms with E-state index in [1.807, 2.05) is 0 Å². The summed E-state index contributed by atoms with van der Waals surface area (Å²) in [6.45, 7) is 4.23. The number of phenols is 2. The molecule has 0 saturated carbocycles. The van der Waals surface area contributed by atoms with Crippen molar-refractivity contribution in [1.29, 1.82) is 0 Å². The first-order valence-corrected chi connectivity index (χ1v) is 9.54. The Bertz CT molecular complexity index is 891. The van der Waals surface area contributed by atoms with E-state index in [0.29, 0.717) is 24.3 Å². The number of rotatable bonds is 8. The topological polar surface area (TPSA) is 125 Å². The quantitative estimate of drug-likeness (QED) is 0.355. The number of carbonyl (C=O) groups is 1. The van der Waals surface area contributed by atoms with E-state index in [1.54, 1.807) is 13.8 Å². The highest BCUT2D eigenvalue weighted by atomic mass is 35.5. The third kappa shape index (κ3) is 6.43. The first kappa shape index (κ1) is 23.1. The Morgan fingerprint density at radius 3 is 1.67 bits per heavy atom. The molecule has 4 N–H and O–H groups in total. The molecule has 0 aliphatic carbocycles. The number of hydrogen-bond acceptors (Lipinski definition) is 7. The number of phenolic OH excluding ortho intramolecular Hbond substituents is 2. The maximum atomic E-state index is 11.8. The van der Waals surface area contributed by atoms with E-state index in [-0.39, 0.29) is 33.0 Å². The van der Waals surface area contributed by atoms with Crippen LogP contribution >= 0.6 is 23.2 Å². The van der Waals surface area contributed by atoms with Crippen molar-refractivity contribution >= 4 is 41.7 Å². The molecule has 0 aliphatic heterocycles. The van der Waals surface area contributed by atoms with E-state index in [0.717, 1.165) is 0 Å². The highest BCUT2D eigenvalue weighted by molar-refractivity contribution is 6.32. The molecule has 0 radical (unpaired) electrons. The molecule has 0 saturated heterocycles. The summed E-state index contributed by atoms with van der Waals surface area (Å²) in [4.78, 5) is 11.8. The SMILES string of the molecule is CCOc1cc(/C=N\NC(=O)N/N=C\c2cc(Cl)c(O)c(OCC)c2)cc(Cl)c1O. The minimum absolute atomic E-state index is 0.0930. The van der Waals surface area contributed by atoms with Gasteiger partial charge in [0.2, 0.25) is 0 Å². The van der Waals surface area contributed by atoms with E-state index in [2.05, 4.69) is 21.1 Å². The lowest BCUT2D eigenvalue weighted by molar-refractivity contribution is 0.242. The summed E-state index contributed by atoms with van der Waals surface area (Å²) in [6.07, 6.45) is 2.65. The molecule has 9 nitrogen and oxygen atoms in total. The highest BCUT2D eigenvalue weighted by Crippen LogP contribution is 2.35. The van der Waals surface area contributed by atoms with Crippen LogP contribution in [0.3, 0.4) is 0 Å². The molecule has 0 bridgehead atoms. The number of benzene rings is 2. The fourth-order valence-corrected chi connectivity index (χ4v) is 2.66. The first-order chi connectivity index (χ1) is 14.3. The Morgan fingerprint density at radius 2 is 1.30 bits per heavy atom. The Morgan fingerprint density at radius 1 is 0.900 bits per heavy atom. The van der Waals surface area contributed by atoms with E-state index in [1.165, 1.54) is 36.7 Å². The zero-order chi connectivity index (χ0) is 22.1. The number of ether oxygens (including phenoxy) is 2. The monoisotopic (exact) mass is 454 g/mol. The van der Waals surface area contributed by atoms with Crippen molar-refractivity contribution in [3.63, 3.8) is 0 Å². The van der Waals surface area contributed by atoms with Gasteiger partial charge in [0, 0.05) is 0 Å². The fraction of sp³-hybridized carbons (Fsp3) is 0.211. The highest BCUT2D eigenvalue weighted by Gasteiger charge is 2.10. The summed E-state index contributed by atoms with van der Waals surface area (Å²) in [5.41, 5.74) is 5.46. The predicted molar refractivity (Wildman–Crippen MR) is 115 cm³/mol. The Kier molecular flexibility index (Phi) is 8.57. The summed E-state index contributed by atoms with van der Waals surface area (Å²) < 4.78 is 10.5. The molecule has 0 atom stereocenters. The molecule has 0 fully saturated rings. The molecule has 0 aromatic heterocycles. The zero-order valence-electron chi connectivity index (χ0n) is 16.1. The van der Waals surface area contributed by atoms with E-state index < -0.39 is 6.03 Å². The van der Waals surface area contributed by atoms with Crippen molar-refractivity contribution in [3.05, 3.63) is 45.4 Å². The molecule has 0 heterocycles. The molecule has 0 aliphatic rings. The Hall–Kier alpha value is -3.17. The van der Waals surface area contributed by atoms with E-state index >= 15 is 0 Å². The van der Waals surface area contributed by atoms with Crippen LogP contribution in [-0.4, -0.2) is 41.9 Å². The van der Waals surface area contributed by atoms with Gasteiger partial charge in [-0.3, -0.25) is 0 Å². The molecule has 30 heavy (non-hydrogen) atoms. The van der Waals surface area contributed by atoms with Crippen LogP contribution in [0.5, 0.6) is 23.0 Å². The van der Waals surface area contributed by atoms with Crippen LogP contribution in [0.25, 0.3) is 0 Å². The van der Waals surface area contributed by atoms with Gasteiger partial charge in [0.1, 0.15) is 0 Å². The smallest absolute Gasteiger partial charge is 0.355 e. The van der Waals surface area contributed by atoms with Gasteiger partial charge in [-0.15, -0.1) is 0 Å². The number of hydrazone groups is 2. The summed E-state index contributed by atoms with van der Waals surface area (Å²) in [6, 6.07) is 5.27. The van der Waals surface area contributed by atoms with Crippen molar-refractivity contribution in [2.45, 2.75) is 13.8 Å². The number of nitrogens with one attached hydrogen (secondary N) is 2. The lowest BCUT2D eigenvalue weighted by Crippen LogP contribution is -2.28. The fourth-order valence-electron chi connectivity index (χ4n) is 2.22. The number of halogens is 2. The normalized spacial score (nSPS) is 11.1. The standard InChI is InChI=1S/C19H20Cl2N4O5/c1-3-29-15-7-11(5-13(20)17(15)26)9-22-24-19(28)25-23-10-12-6-14(21)18(27)16(8-12)30-4-2/h5-10,26-27H,3-4H2,1-2H3,(H2,24,25,28)/b22-9-,23-10-. The van der Waals surface area contributed by atoms with Crippen LogP contribution in [0.1, 0.15) is 25.0 Å². The Balaban J connectivity index is 1.95. The van der Waals surface area contributed by atoms with Gasteiger partial charge in [-0.1, -0.05) is 23.2 Å². The van der Waals surface area contributed by atoms with Crippen LogP contribution in [0, 0.1) is 0 Å². The number of carbonyl (C=O) groups excluding carboxylic acids is 1. The van der Waals surface area contributed by atoms with E-state index in [9.17, 15) is 15.0 Å². The van der Waals surface area contributed by atoms with Crippen LogP contribution < -0.4 is 20.3 Å². The van der Waals surface area contributed by atoms with Crippen LogP contribution in [0.4, 0.5) is 4.79 Å². The molecule has 0 unspecified atom stereocenters. The first-order valence-electron chi connectivity index (χ1n) is 8.78. The molecule has 0 spiro atoms. The molecule has 2 aromatic rings. The number of hydrogen-bond donors (Lipinski definition) is 4. The third-order valence-corrected chi connectivity index (χ3v) is 4.04. The maximum Gasteiger partial charge on any atom is 0.355 e. The van der Waals surface area contributed by atoms with Gasteiger partial charge in [0.15, 0.2) is 23.0 Å². The number of amides is 2. The second kappa shape index (κ2) is 11.1. The minimum Gasteiger partial charge on any atom is -0.503 e. The van der Waals surface area contributed by atoms with Gasteiger partial charge >= 0.3 is 6.03 Å². The largest absolute Gasteiger partial charge is 0.503 e. The number of urea groups is 1. The maximum absolute atomic E-state index is 11.8. The van der Waals surface area contributed by atoms with Crippen molar-refractivity contribution < 1.29 is 24.5 Å². The molecule has 2 aromatic carbocycles. The summed E-state index contributed by atoms with van der Waals surface area (Å²) in [5, 5.41) is 27.4. The zero-order valence-corrected chi connectivity index (χ0v) is 17.7. The van der Waals surface area contributed by atoms with Gasteiger partial charge in [0.05, 0.1) is 35.7 Å². The lowest BCUT2D eigenvalue weighted by Gasteiger charge is -2.08. The molecular weight excluding hydrogens is 435 g/mol. The summed E-state index contributed by atoms with van der Waals surface area (Å²) >= 11 is 11.9. The van der Waals surface area contributed by atoms with Gasteiger partial charge in [-0.2, -0.15) is 10.2 Å². The van der Waals surface area contributed by atoms with Gasteiger partial charge in [-0.05, 0) is 49.2 Å². The van der Waals surface area contributed by atoms with Crippen molar-refractivity contribution in [3.8, 4) is 23.0 Å². The van der Waals surface area contributed by atoms with Gasteiger partial charge in [-0.25, -0.2) is 15.6 Å². The van der Waals surface area contributed by atoms with E-state index in [4.69, 9.17) is 32.7 Å². The molecular formula is C19H20Cl2N4O5. The lowest BCUT2D eigenvalue weighted by atomic mass is 10.2. The van der Waals surface area contributed by atoms with Crippen LogP contribution in [0.15, 0.2) is 34.5 Å². The second-order valence-electron chi connectivity index (χ2n) is 5.63. The number of aromatic hydroxyl groups is 2. The second-order valence-corrected chi connectivity index (χ2v) is 6.45.